The lowest BCUT2D eigenvalue weighted by atomic mass is 10.1. The van der Waals surface area contributed by atoms with Gasteiger partial charge in [-0.15, -0.1) is 0 Å². The maximum Gasteiger partial charge on any atom is 0.411 e. The van der Waals surface area contributed by atoms with Crippen molar-refractivity contribution in [3.63, 3.8) is 0 Å². The molecule has 0 radical (unpaired) electrons. The van der Waals surface area contributed by atoms with Crippen molar-refractivity contribution in [2.45, 2.75) is 18.2 Å². The molecule has 13 heteroatoms. The Hall–Kier alpha value is -4.33. The molecule has 0 saturated heterocycles. The molecule has 0 heterocycles. The van der Waals surface area contributed by atoms with Gasteiger partial charge in [-0.3, -0.25) is 14.9 Å². The lowest BCUT2D eigenvalue weighted by Crippen LogP contribution is -2.24. The molecular weight excluding hydrogens is 555 g/mol. The number of rotatable bonds is 8. The van der Waals surface area contributed by atoms with Crippen molar-refractivity contribution in [2.24, 2.45) is 0 Å². The summed E-state index contributed by atoms with van der Waals surface area (Å²) in [7, 11) is 2.46. The average molecular weight is 591 g/mol. The van der Waals surface area contributed by atoms with Gasteiger partial charge in [0, 0.05) is 11.4 Å². The van der Waals surface area contributed by atoms with E-state index >= 15 is 0 Å². The van der Waals surface area contributed by atoms with Crippen molar-refractivity contribution < 1.29 is 36.7 Å². The third-order valence-corrected chi connectivity index (χ3v) is 6.46. The minimum Gasteiger partial charge on any atom is -0.469 e. The fourth-order valence-corrected chi connectivity index (χ4v) is 3.58. The van der Waals surface area contributed by atoms with E-state index in [1.54, 1.807) is 55.6 Å². The first-order chi connectivity index (χ1) is 19.4. The molecule has 2 amide bonds. The summed E-state index contributed by atoms with van der Waals surface area (Å²) in [6.07, 6.45) is -0.331. The van der Waals surface area contributed by atoms with Crippen molar-refractivity contribution in [3.8, 4) is 0 Å². The van der Waals surface area contributed by atoms with Gasteiger partial charge < -0.3 is 20.1 Å². The van der Waals surface area contributed by atoms with Crippen LogP contribution in [0.2, 0.25) is 0 Å². The van der Waals surface area contributed by atoms with Crippen molar-refractivity contribution in [1.29, 1.82) is 0 Å². The van der Waals surface area contributed by atoms with Gasteiger partial charge in [0.2, 0.25) is 15.9 Å². The molecule has 3 rings (SSSR count). The molecule has 0 aromatic heterocycles. The molecule has 0 aliphatic heterocycles. The highest BCUT2D eigenvalue weighted by atomic mass is 32.2. The van der Waals surface area contributed by atoms with Crippen LogP contribution in [0.25, 0.3) is 0 Å². The minimum absolute atomic E-state index is 0.104. The highest BCUT2D eigenvalue weighted by Crippen LogP contribution is 2.11. The third-order valence-electron chi connectivity index (χ3n) is 5.03. The van der Waals surface area contributed by atoms with Crippen LogP contribution in [0, 0.1) is 12.7 Å². The SMILES string of the molecule is CNCC(=O)Nc1ccc(CC(=O)OC)cc1.CNS(=O)(=O)c1ccc(C)cc1.COC(=O)Nc1ccc(F)cc1. The van der Waals surface area contributed by atoms with Crippen LogP contribution in [0.3, 0.4) is 0 Å². The van der Waals surface area contributed by atoms with E-state index in [1.165, 1.54) is 45.5 Å². The summed E-state index contributed by atoms with van der Waals surface area (Å²) in [5.74, 6) is -0.726. The minimum atomic E-state index is -3.26. The summed E-state index contributed by atoms with van der Waals surface area (Å²) >= 11 is 0. The van der Waals surface area contributed by atoms with Gasteiger partial charge in [-0.2, -0.15) is 0 Å². The molecule has 0 fully saturated rings. The van der Waals surface area contributed by atoms with E-state index in [1.807, 2.05) is 6.92 Å². The predicted molar refractivity (Wildman–Crippen MR) is 155 cm³/mol. The molecule has 0 aliphatic rings. The predicted octanol–water partition coefficient (Wildman–Crippen LogP) is 3.47. The number of likely N-dealkylation sites (N-methyl/N-ethyl adjacent to an activating group) is 1. The number of anilines is 2. The zero-order chi connectivity index (χ0) is 30.8. The molecule has 0 bridgehead atoms. The average Bonchev–Trinajstić information content (AvgIpc) is 2.96. The molecule has 4 N–H and O–H groups in total. The molecule has 0 spiro atoms. The summed E-state index contributed by atoms with van der Waals surface area (Å²) in [6.45, 7) is 2.18. The smallest absolute Gasteiger partial charge is 0.411 e. The molecule has 11 nitrogen and oxygen atoms in total. The summed E-state index contributed by atoms with van der Waals surface area (Å²) in [6, 6.07) is 19.2. The normalized spacial score (nSPS) is 10.1. The van der Waals surface area contributed by atoms with E-state index in [-0.39, 0.29) is 30.7 Å². The van der Waals surface area contributed by atoms with Crippen molar-refractivity contribution in [1.82, 2.24) is 10.0 Å². The highest BCUT2D eigenvalue weighted by molar-refractivity contribution is 7.89. The van der Waals surface area contributed by atoms with Gasteiger partial charge in [-0.25, -0.2) is 22.3 Å². The number of esters is 1. The first-order valence-corrected chi connectivity index (χ1v) is 13.6. The van der Waals surface area contributed by atoms with Crippen molar-refractivity contribution in [2.75, 3.05) is 45.5 Å². The van der Waals surface area contributed by atoms with E-state index in [9.17, 15) is 27.2 Å². The second kappa shape index (κ2) is 18.1. The quantitative estimate of drug-likeness (QED) is 0.291. The van der Waals surface area contributed by atoms with Gasteiger partial charge in [0.15, 0.2) is 0 Å². The lowest BCUT2D eigenvalue weighted by Gasteiger charge is -2.05. The Morgan fingerprint density at radius 2 is 1.32 bits per heavy atom. The van der Waals surface area contributed by atoms with Crippen LogP contribution in [0.15, 0.2) is 77.7 Å². The Bertz CT molecular complexity index is 1350. The second-order valence-corrected chi connectivity index (χ2v) is 10.1. The Labute approximate surface area is 239 Å². The zero-order valence-corrected chi connectivity index (χ0v) is 24.3. The van der Waals surface area contributed by atoms with E-state index in [2.05, 4.69) is 30.1 Å². The zero-order valence-electron chi connectivity index (χ0n) is 23.5. The van der Waals surface area contributed by atoms with Gasteiger partial charge in [-0.05, 0) is 75.1 Å². The van der Waals surface area contributed by atoms with Gasteiger partial charge in [0.1, 0.15) is 5.82 Å². The van der Waals surface area contributed by atoms with Crippen LogP contribution in [0.4, 0.5) is 20.6 Å². The number of halogens is 1. The number of carbonyl (C=O) groups excluding carboxylic acids is 3. The first kappa shape index (κ1) is 34.7. The Kier molecular flexibility index (Phi) is 15.3. The van der Waals surface area contributed by atoms with Crippen LogP contribution in [0.1, 0.15) is 11.1 Å². The molecule has 0 saturated carbocycles. The van der Waals surface area contributed by atoms with E-state index in [0.717, 1.165) is 11.1 Å². The second-order valence-electron chi connectivity index (χ2n) is 8.17. The number of sulfonamides is 1. The fraction of sp³-hybridized carbons (Fsp3) is 0.250. The monoisotopic (exact) mass is 590 g/mol. The number of ether oxygens (including phenoxy) is 2. The summed E-state index contributed by atoms with van der Waals surface area (Å²) in [5, 5.41) is 7.87. The molecule has 3 aromatic rings. The van der Waals surface area contributed by atoms with Crippen molar-refractivity contribution >= 4 is 39.4 Å². The maximum atomic E-state index is 12.4. The molecule has 0 atom stereocenters. The number of amides is 2. The van der Waals surface area contributed by atoms with Crippen LogP contribution >= 0.6 is 0 Å². The van der Waals surface area contributed by atoms with Gasteiger partial charge in [0.05, 0.1) is 32.1 Å². The summed E-state index contributed by atoms with van der Waals surface area (Å²) in [5.41, 5.74) is 3.11. The summed E-state index contributed by atoms with van der Waals surface area (Å²) < 4.78 is 45.9. The number of aryl methyl sites for hydroxylation is 1. The first-order valence-electron chi connectivity index (χ1n) is 12.1. The topological polar surface area (TPSA) is 152 Å². The van der Waals surface area contributed by atoms with Crippen LogP contribution in [-0.2, 0) is 35.5 Å². The number of methoxy groups -OCH3 is 2. The molecule has 222 valence electrons. The standard InChI is InChI=1S/C12H16N2O3.C8H8FNO2.C8H11NO2S/c1-13-8-11(15)14-10-5-3-9(4-6-10)7-12(16)17-2;1-12-8(11)10-7-4-2-6(9)3-5-7;1-7-3-5-8(6-4-7)12(10,11)9-2/h3-6,13H,7-8H2,1-2H3,(H,14,15);2-5H,1H3,(H,10,11);3-6,9H,1-2H3. The maximum absolute atomic E-state index is 12.4. The molecule has 41 heavy (non-hydrogen) atoms. The van der Waals surface area contributed by atoms with Gasteiger partial charge >= 0.3 is 12.1 Å². The Morgan fingerprint density at radius 3 is 1.80 bits per heavy atom. The largest absolute Gasteiger partial charge is 0.469 e. The number of nitrogens with one attached hydrogen (secondary N) is 4. The van der Waals surface area contributed by atoms with E-state index < -0.39 is 16.1 Å². The van der Waals surface area contributed by atoms with Crippen LogP contribution in [0.5, 0.6) is 0 Å². The number of benzene rings is 3. The lowest BCUT2D eigenvalue weighted by molar-refractivity contribution is -0.139. The Morgan fingerprint density at radius 1 is 0.780 bits per heavy atom. The molecular formula is C28H35FN4O7S. The van der Waals surface area contributed by atoms with E-state index in [0.29, 0.717) is 16.3 Å². The van der Waals surface area contributed by atoms with Crippen LogP contribution < -0.4 is 20.7 Å². The number of carbonyl (C=O) groups is 3. The number of hydrogen-bond donors (Lipinski definition) is 4. The third kappa shape index (κ3) is 14.0. The molecule has 3 aromatic carbocycles. The van der Waals surface area contributed by atoms with E-state index in [4.69, 9.17) is 0 Å². The highest BCUT2D eigenvalue weighted by Gasteiger charge is 2.09. The van der Waals surface area contributed by atoms with Crippen LogP contribution in [-0.4, -0.2) is 61.2 Å². The van der Waals surface area contributed by atoms with Gasteiger partial charge in [-0.1, -0.05) is 29.8 Å². The molecule has 0 aliphatic carbocycles. The number of hydrogen-bond acceptors (Lipinski definition) is 8. The molecule has 0 unspecified atom stereocenters. The Balaban J connectivity index is 0.000000315. The van der Waals surface area contributed by atoms with Gasteiger partial charge in [0.25, 0.3) is 0 Å². The summed E-state index contributed by atoms with van der Waals surface area (Å²) in [4.78, 5) is 33.2. The fourth-order valence-electron chi connectivity index (χ4n) is 2.85. The van der Waals surface area contributed by atoms with Crippen molar-refractivity contribution in [3.05, 3.63) is 89.7 Å².